The van der Waals surface area contributed by atoms with Crippen LogP contribution in [0.15, 0.2) is 30.4 Å². The number of benzene rings is 1. The topological polar surface area (TPSA) is 67.4 Å². The Morgan fingerprint density at radius 2 is 2.24 bits per heavy atom. The minimum absolute atomic E-state index is 0.0238. The highest BCUT2D eigenvalue weighted by atomic mass is 16.5. The Morgan fingerprint density at radius 3 is 3.00 bits per heavy atom. The molecular weight excluding hydrogens is 268 g/mol. The molecule has 110 valence electrons. The van der Waals surface area contributed by atoms with Crippen LogP contribution in [0.2, 0.25) is 0 Å². The van der Waals surface area contributed by atoms with Gasteiger partial charge in [0.2, 0.25) is 5.91 Å². The maximum atomic E-state index is 12.2. The molecule has 0 unspecified atom stereocenters. The van der Waals surface area contributed by atoms with E-state index in [1.165, 1.54) is 0 Å². The van der Waals surface area contributed by atoms with Gasteiger partial charge >= 0.3 is 0 Å². The largest absolute Gasteiger partial charge is 0.479 e. The number of carbonyl (C=O) groups excluding carboxylic acids is 2. The fraction of sp³-hybridized carbons (Fsp3) is 0.375. The van der Waals surface area contributed by atoms with Gasteiger partial charge in [-0.05, 0) is 44.4 Å². The van der Waals surface area contributed by atoms with Gasteiger partial charge in [0.25, 0.3) is 5.91 Å². The quantitative estimate of drug-likeness (QED) is 0.821. The summed E-state index contributed by atoms with van der Waals surface area (Å²) in [5.74, 6) is 0.497. The SMILES string of the molecule is C[C@@H]1Oc2ccc(NC(=O)[C@@H]3CC=CCC3)cc2NC1=O. The van der Waals surface area contributed by atoms with Crippen molar-refractivity contribution >= 4 is 23.2 Å². The standard InChI is InChI=1S/C16H18N2O3/c1-10-15(19)18-13-9-12(7-8-14(13)21-10)17-16(20)11-5-3-2-4-6-11/h2-3,7-11H,4-6H2,1H3,(H,17,20)(H,18,19)/t10-,11+/m0/s1. The maximum Gasteiger partial charge on any atom is 0.265 e. The van der Waals surface area contributed by atoms with Crippen molar-refractivity contribution in [2.24, 2.45) is 5.92 Å². The lowest BCUT2D eigenvalue weighted by Crippen LogP contribution is -2.34. The zero-order valence-corrected chi connectivity index (χ0v) is 11.9. The Bertz CT molecular complexity index is 610. The predicted octanol–water partition coefficient (Wildman–Crippen LogP) is 2.70. The first kappa shape index (κ1) is 13.7. The fourth-order valence-electron chi connectivity index (χ4n) is 2.56. The van der Waals surface area contributed by atoms with E-state index >= 15 is 0 Å². The molecule has 0 radical (unpaired) electrons. The Hall–Kier alpha value is -2.30. The van der Waals surface area contributed by atoms with Gasteiger partial charge in [-0.1, -0.05) is 12.2 Å². The molecule has 1 aliphatic heterocycles. The van der Waals surface area contributed by atoms with E-state index in [0.29, 0.717) is 17.1 Å². The highest BCUT2D eigenvalue weighted by molar-refractivity contribution is 5.99. The lowest BCUT2D eigenvalue weighted by Gasteiger charge is -2.24. The van der Waals surface area contributed by atoms with E-state index in [1.54, 1.807) is 25.1 Å². The molecule has 0 spiro atoms. The number of nitrogens with one attached hydrogen (secondary N) is 2. The summed E-state index contributed by atoms with van der Waals surface area (Å²) in [5, 5.41) is 5.68. The third kappa shape index (κ3) is 2.91. The van der Waals surface area contributed by atoms with Crippen LogP contribution in [0.3, 0.4) is 0 Å². The van der Waals surface area contributed by atoms with E-state index in [9.17, 15) is 9.59 Å². The zero-order chi connectivity index (χ0) is 14.8. The molecule has 21 heavy (non-hydrogen) atoms. The van der Waals surface area contributed by atoms with E-state index in [0.717, 1.165) is 19.3 Å². The summed E-state index contributed by atoms with van der Waals surface area (Å²) in [4.78, 5) is 23.8. The van der Waals surface area contributed by atoms with Crippen LogP contribution in [-0.2, 0) is 9.59 Å². The zero-order valence-electron chi connectivity index (χ0n) is 11.9. The Balaban J connectivity index is 1.72. The van der Waals surface area contributed by atoms with Crippen LogP contribution in [0.1, 0.15) is 26.2 Å². The molecule has 2 atom stereocenters. The Morgan fingerprint density at radius 1 is 1.38 bits per heavy atom. The highest BCUT2D eigenvalue weighted by Gasteiger charge is 2.24. The summed E-state index contributed by atoms with van der Waals surface area (Å²) < 4.78 is 5.49. The normalized spacial score (nSPS) is 23.8. The third-order valence-electron chi connectivity index (χ3n) is 3.82. The second kappa shape index (κ2) is 5.60. The van der Waals surface area contributed by atoms with Crippen molar-refractivity contribution in [3.63, 3.8) is 0 Å². The van der Waals surface area contributed by atoms with Gasteiger partial charge in [-0.2, -0.15) is 0 Å². The van der Waals surface area contributed by atoms with Crippen LogP contribution in [0.4, 0.5) is 11.4 Å². The molecule has 3 rings (SSSR count). The summed E-state index contributed by atoms with van der Waals surface area (Å²) in [5.41, 5.74) is 1.27. The van der Waals surface area contributed by atoms with Crippen LogP contribution < -0.4 is 15.4 Å². The number of fused-ring (bicyclic) bond motifs is 1. The van der Waals surface area contributed by atoms with Crippen LogP contribution in [0.25, 0.3) is 0 Å². The molecular formula is C16H18N2O3. The molecule has 0 saturated heterocycles. The van der Waals surface area contributed by atoms with E-state index in [1.807, 2.05) is 0 Å². The van der Waals surface area contributed by atoms with Crippen molar-refractivity contribution in [2.45, 2.75) is 32.3 Å². The second-order valence-electron chi connectivity index (χ2n) is 5.43. The number of amides is 2. The molecule has 0 aromatic heterocycles. The molecule has 5 heteroatoms. The van der Waals surface area contributed by atoms with E-state index in [-0.39, 0.29) is 17.7 Å². The van der Waals surface area contributed by atoms with Gasteiger partial charge < -0.3 is 15.4 Å². The molecule has 0 saturated carbocycles. The van der Waals surface area contributed by atoms with Gasteiger partial charge in [0, 0.05) is 11.6 Å². The summed E-state index contributed by atoms with van der Waals surface area (Å²) in [7, 11) is 0. The molecule has 1 aromatic rings. The minimum atomic E-state index is -0.494. The summed E-state index contributed by atoms with van der Waals surface area (Å²) >= 11 is 0. The molecule has 2 N–H and O–H groups in total. The first-order chi connectivity index (χ1) is 10.1. The lowest BCUT2D eigenvalue weighted by atomic mass is 9.93. The number of allylic oxidation sites excluding steroid dienone is 2. The first-order valence-corrected chi connectivity index (χ1v) is 7.21. The van der Waals surface area contributed by atoms with Crippen LogP contribution in [0.5, 0.6) is 5.75 Å². The average Bonchev–Trinajstić information content (AvgIpc) is 2.49. The van der Waals surface area contributed by atoms with Crippen LogP contribution in [0, 0.1) is 5.92 Å². The number of hydrogen-bond acceptors (Lipinski definition) is 3. The average molecular weight is 286 g/mol. The smallest absolute Gasteiger partial charge is 0.265 e. The number of carbonyl (C=O) groups is 2. The van der Waals surface area contributed by atoms with E-state index in [4.69, 9.17) is 4.74 Å². The van der Waals surface area contributed by atoms with Crippen molar-refractivity contribution < 1.29 is 14.3 Å². The minimum Gasteiger partial charge on any atom is -0.479 e. The van der Waals surface area contributed by atoms with Crippen molar-refractivity contribution in [3.05, 3.63) is 30.4 Å². The molecule has 2 amide bonds. The highest BCUT2D eigenvalue weighted by Crippen LogP contribution is 2.32. The van der Waals surface area contributed by atoms with Gasteiger partial charge in [0.05, 0.1) is 5.69 Å². The van der Waals surface area contributed by atoms with E-state index in [2.05, 4.69) is 22.8 Å². The monoisotopic (exact) mass is 286 g/mol. The Kier molecular flexibility index (Phi) is 3.64. The molecule has 1 aliphatic carbocycles. The van der Waals surface area contributed by atoms with Crippen molar-refractivity contribution in [1.29, 1.82) is 0 Å². The third-order valence-corrected chi connectivity index (χ3v) is 3.82. The second-order valence-corrected chi connectivity index (χ2v) is 5.43. The fourth-order valence-corrected chi connectivity index (χ4v) is 2.56. The molecule has 5 nitrogen and oxygen atoms in total. The number of rotatable bonds is 2. The summed E-state index contributed by atoms with van der Waals surface area (Å²) in [6.45, 7) is 1.70. The van der Waals surface area contributed by atoms with E-state index < -0.39 is 6.10 Å². The number of ether oxygens (including phenoxy) is 1. The molecule has 0 bridgehead atoms. The maximum absolute atomic E-state index is 12.2. The molecule has 1 heterocycles. The first-order valence-electron chi connectivity index (χ1n) is 7.21. The number of hydrogen-bond donors (Lipinski definition) is 2. The Labute approximate surface area is 123 Å². The van der Waals surface area contributed by atoms with Gasteiger partial charge in [-0.3, -0.25) is 9.59 Å². The lowest BCUT2D eigenvalue weighted by molar-refractivity contribution is -0.122. The van der Waals surface area contributed by atoms with Crippen LogP contribution in [-0.4, -0.2) is 17.9 Å². The van der Waals surface area contributed by atoms with Crippen molar-refractivity contribution in [1.82, 2.24) is 0 Å². The van der Waals surface area contributed by atoms with Crippen molar-refractivity contribution in [2.75, 3.05) is 10.6 Å². The summed E-state index contributed by atoms with van der Waals surface area (Å²) in [6.07, 6.45) is 6.28. The molecule has 1 aromatic carbocycles. The predicted molar refractivity (Wildman–Crippen MR) is 80.3 cm³/mol. The van der Waals surface area contributed by atoms with Gasteiger partial charge in [0.15, 0.2) is 6.10 Å². The van der Waals surface area contributed by atoms with Crippen molar-refractivity contribution in [3.8, 4) is 5.75 Å². The van der Waals surface area contributed by atoms with Gasteiger partial charge in [-0.15, -0.1) is 0 Å². The van der Waals surface area contributed by atoms with Gasteiger partial charge in [0.1, 0.15) is 5.75 Å². The molecule has 0 fully saturated rings. The summed E-state index contributed by atoms with van der Waals surface area (Å²) in [6, 6.07) is 5.29. The molecule has 2 aliphatic rings. The van der Waals surface area contributed by atoms with Crippen LogP contribution >= 0.6 is 0 Å². The van der Waals surface area contributed by atoms with Gasteiger partial charge in [-0.25, -0.2) is 0 Å². The number of anilines is 2.